The zero-order chi connectivity index (χ0) is 18.3. The van der Waals surface area contributed by atoms with Crippen molar-refractivity contribution >= 4 is 10.0 Å². The third-order valence-corrected chi connectivity index (χ3v) is 5.30. The summed E-state index contributed by atoms with van der Waals surface area (Å²) in [5.74, 6) is 0.622. The molecule has 0 aliphatic heterocycles. The van der Waals surface area contributed by atoms with E-state index in [1.54, 1.807) is 19.1 Å². The lowest BCUT2D eigenvalue weighted by Crippen LogP contribution is -2.40. The topological polar surface area (TPSA) is 75.6 Å². The maximum Gasteiger partial charge on any atom is 0.240 e. The lowest BCUT2D eigenvalue weighted by Gasteiger charge is -2.23. The molecule has 1 atom stereocenters. The molecule has 1 unspecified atom stereocenters. The van der Waals surface area contributed by atoms with Crippen molar-refractivity contribution in [3.8, 4) is 5.75 Å². The molecule has 0 fully saturated rings. The van der Waals surface area contributed by atoms with E-state index in [2.05, 4.69) is 4.72 Å². The Balaban J connectivity index is 1.93. The van der Waals surface area contributed by atoms with Crippen molar-refractivity contribution in [1.29, 1.82) is 0 Å². The van der Waals surface area contributed by atoms with Crippen molar-refractivity contribution in [2.45, 2.75) is 37.2 Å². The highest BCUT2D eigenvalue weighted by atomic mass is 32.2. The third-order valence-electron chi connectivity index (χ3n) is 3.88. The van der Waals surface area contributed by atoms with E-state index in [1.165, 1.54) is 12.1 Å². The van der Waals surface area contributed by atoms with Crippen LogP contribution in [0.4, 0.5) is 0 Å². The fourth-order valence-electron chi connectivity index (χ4n) is 2.36. The van der Waals surface area contributed by atoms with E-state index in [-0.39, 0.29) is 11.4 Å². The Morgan fingerprint density at radius 2 is 1.72 bits per heavy atom. The highest BCUT2D eigenvalue weighted by Gasteiger charge is 2.24. The quantitative estimate of drug-likeness (QED) is 0.718. The molecule has 136 valence electrons. The number of benzene rings is 2. The van der Waals surface area contributed by atoms with Crippen molar-refractivity contribution in [1.82, 2.24) is 4.72 Å². The van der Waals surface area contributed by atoms with Crippen LogP contribution in [0.5, 0.6) is 5.75 Å². The van der Waals surface area contributed by atoms with Gasteiger partial charge in [0, 0.05) is 6.54 Å². The van der Waals surface area contributed by atoms with Crippen LogP contribution in [0.25, 0.3) is 0 Å². The monoisotopic (exact) mass is 363 g/mol. The van der Waals surface area contributed by atoms with E-state index in [9.17, 15) is 13.5 Å². The minimum Gasteiger partial charge on any atom is -0.494 e. The van der Waals surface area contributed by atoms with Gasteiger partial charge < -0.3 is 9.84 Å². The summed E-state index contributed by atoms with van der Waals surface area (Å²) in [6, 6.07) is 16.0. The average molecular weight is 363 g/mol. The average Bonchev–Trinajstić information content (AvgIpc) is 2.60. The van der Waals surface area contributed by atoms with Gasteiger partial charge in [0.05, 0.1) is 17.1 Å². The molecular weight excluding hydrogens is 338 g/mol. The van der Waals surface area contributed by atoms with Crippen LogP contribution >= 0.6 is 0 Å². The lowest BCUT2D eigenvalue weighted by atomic mass is 9.97. The van der Waals surface area contributed by atoms with Gasteiger partial charge in [-0.3, -0.25) is 0 Å². The Morgan fingerprint density at radius 1 is 1.08 bits per heavy atom. The summed E-state index contributed by atoms with van der Waals surface area (Å²) in [5, 5.41) is 10.5. The second-order valence-corrected chi connectivity index (χ2v) is 7.98. The maximum atomic E-state index is 12.4. The molecular formula is C19H25NO4S. The van der Waals surface area contributed by atoms with Gasteiger partial charge >= 0.3 is 0 Å². The molecule has 6 heteroatoms. The molecule has 0 radical (unpaired) electrons. The van der Waals surface area contributed by atoms with Crippen molar-refractivity contribution in [3.63, 3.8) is 0 Å². The van der Waals surface area contributed by atoms with Gasteiger partial charge in [-0.2, -0.15) is 0 Å². The number of aryl methyl sites for hydroxylation is 1. The zero-order valence-electron chi connectivity index (χ0n) is 14.6. The number of rotatable bonds is 9. The molecule has 0 spiro atoms. The van der Waals surface area contributed by atoms with Crippen LogP contribution < -0.4 is 9.46 Å². The Morgan fingerprint density at radius 3 is 2.32 bits per heavy atom. The van der Waals surface area contributed by atoms with Crippen LogP contribution in [-0.4, -0.2) is 32.3 Å². The first-order valence-electron chi connectivity index (χ1n) is 8.31. The van der Waals surface area contributed by atoms with Crippen molar-refractivity contribution in [2.75, 3.05) is 13.2 Å². The predicted octanol–water partition coefficient (Wildman–Crippen LogP) is 2.75. The summed E-state index contributed by atoms with van der Waals surface area (Å²) in [6.07, 6.45) is 1.14. The lowest BCUT2D eigenvalue weighted by molar-refractivity contribution is 0.0565. The van der Waals surface area contributed by atoms with Crippen molar-refractivity contribution in [3.05, 3.63) is 60.2 Å². The zero-order valence-corrected chi connectivity index (χ0v) is 15.4. The Hall–Kier alpha value is -1.89. The van der Waals surface area contributed by atoms with Gasteiger partial charge in [0.25, 0.3) is 0 Å². The van der Waals surface area contributed by atoms with Crippen LogP contribution in [0.1, 0.15) is 25.8 Å². The predicted molar refractivity (Wildman–Crippen MR) is 98.2 cm³/mol. The minimum atomic E-state index is -3.67. The molecule has 2 aromatic carbocycles. The van der Waals surface area contributed by atoms with Crippen LogP contribution in [-0.2, 0) is 16.4 Å². The molecule has 25 heavy (non-hydrogen) atoms. The number of hydrogen-bond donors (Lipinski definition) is 2. The van der Waals surface area contributed by atoms with Gasteiger partial charge in [0.15, 0.2) is 0 Å². The highest BCUT2D eigenvalue weighted by molar-refractivity contribution is 7.89. The molecule has 2 N–H and O–H groups in total. The molecule has 2 rings (SSSR count). The number of nitrogens with one attached hydrogen (secondary N) is 1. The van der Waals surface area contributed by atoms with E-state index in [4.69, 9.17) is 4.74 Å². The van der Waals surface area contributed by atoms with Crippen molar-refractivity contribution < 1.29 is 18.3 Å². The second-order valence-electron chi connectivity index (χ2n) is 6.21. The number of sulfonamides is 1. The number of ether oxygens (including phenoxy) is 1. The Labute approximate surface area is 149 Å². The fourth-order valence-corrected chi connectivity index (χ4v) is 3.52. The standard InChI is InChI=1S/C19H25NO4S/c1-3-24-17-9-11-18(12-10-17)25(22,23)20-15-19(2,21)14-13-16-7-5-4-6-8-16/h4-12,20-21H,3,13-15H2,1-2H3. The van der Waals surface area contributed by atoms with Crippen molar-refractivity contribution in [2.24, 2.45) is 0 Å². The van der Waals surface area contributed by atoms with E-state index in [1.807, 2.05) is 37.3 Å². The van der Waals surface area contributed by atoms with Gasteiger partial charge in [-0.05, 0) is 56.5 Å². The minimum absolute atomic E-state index is 0.0463. The van der Waals surface area contributed by atoms with Crippen LogP contribution in [0.2, 0.25) is 0 Å². The smallest absolute Gasteiger partial charge is 0.240 e. The number of hydrogen-bond acceptors (Lipinski definition) is 4. The summed E-state index contributed by atoms with van der Waals surface area (Å²) in [7, 11) is -3.67. The molecule has 2 aromatic rings. The summed E-state index contributed by atoms with van der Waals surface area (Å²) >= 11 is 0. The molecule has 0 aromatic heterocycles. The van der Waals surface area contributed by atoms with Gasteiger partial charge in [0.2, 0.25) is 10.0 Å². The number of aliphatic hydroxyl groups is 1. The molecule has 0 aliphatic rings. The molecule has 0 saturated carbocycles. The Bertz CT molecular complexity index is 756. The van der Waals surface area contributed by atoms with Crippen LogP contribution in [0, 0.1) is 0 Å². The molecule has 0 saturated heterocycles. The summed E-state index contributed by atoms with van der Waals surface area (Å²) in [6.45, 7) is 3.98. The molecule has 0 bridgehead atoms. The summed E-state index contributed by atoms with van der Waals surface area (Å²) < 4.78 is 32.5. The SMILES string of the molecule is CCOc1ccc(S(=O)(=O)NCC(C)(O)CCc2ccccc2)cc1. The molecule has 5 nitrogen and oxygen atoms in total. The molecule has 0 amide bonds. The second kappa shape index (κ2) is 8.47. The first kappa shape index (κ1) is 19.4. The first-order valence-corrected chi connectivity index (χ1v) is 9.79. The fraction of sp³-hybridized carbons (Fsp3) is 0.368. The molecule has 0 aliphatic carbocycles. The van der Waals surface area contributed by atoms with E-state index >= 15 is 0 Å². The maximum absolute atomic E-state index is 12.4. The van der Waals surface area contributed by atoms with Gasteiger partial charge in [-0.15, -0.1) is 0 Å². The van der Waals surface area contributed by atoms with E-state index in [0.29, 0.717) is 25.2 Å². The van der Waals surface area contributed by atoms with Gasteiger partial charge in [-0.25, -0.2) is 13.1 Å². The summed E-state index contributed by atoms with van der Waals surface area (Å²) in [5.41, 5.74) is -0.0223. The largest absolute Gasteiger partial charge is 0.494 e. The van der Waals surface area contributed by atoms with Gasteiger partial charge in [0.1, 0.15) is 5.75 Å². The van der Waals surface area contributed by atoms with E-state index in [0.717, 1.165) is 5.56 Å². The van der Waals surface area contributed by atoms with Gasteiger partial charge in [-0.1, -0.05) is 30.3 Å². The summed E-state index contributed by atoms with van der Waals surface area (Å²) in [4.78, 5) is 0.148. The third kappa shape index (κ3) is 6.16. The highest BCUT2D eigenvalue weighted by Crippen LogP contribution is 2.18. The van der Waals surface area contributed by atoms with Crippen LogP contribution in [0.3, 0.4) is 0 Å². The molecule has 0 heterocycles. The van der Waals surface area contributed by atoms with E-state index < -0.39 is 15.6 Å². The first-order chi connectivity index (χ1) is 11.8. The Kier molecular flexibility index (Phi) is 6.58. The van der Waals surface area contributed by atoms with Crippen LogP contribution in [0.15, 0.2) is 59.5 Å². The normalized spacial score (nSPS) is 14.0.